The summed E-state index contributed by atoms with van der Waals surface area (Å²) in [5.74, 6) is -1.14. The molecule has 0 aliphatic carbocycles. The molecule has 1 aromatic carbocycles. The van der Waals surface area contributed by atoms with Gasteiger partial charge in [0, 0.05) is 29.4 Å². The minimum absolute atomic E-state index is 0.132. The topological polar surface area (TPSA) is 90.1 Å². The Morgan fingerprint density at radius 1 is 1.21 bits per heavy atom. The van der Waals surface area contributed by atoms with Gasteiger partial charge in [0.05, 0.1) is 5.69 Å². The van der Waals surface area contributed by atoms with E-state index in [1.165, 1.54) is 12.3 Å². The molecule has 3 heterocycles. The quantitative estimate of drug-likeness (QED) is 0.737. The summed E-state index contributed by atoms with van der Waals surface area (Å²) in [6, 6.07) is 8.39. The molecule has 144 valence electrons. The van der Waals surface area contributed by atoms with E-state index in [-0.39, 0.29) is 23.9 Å². The molecule has 4 rings (SSSR count). The van der Waals surface area contributed by atoms with Crippen molar-refractivity contribution in [2.75, 3.05) is 6.54 Å². The summed E-state index contributed by atoms with van der Waals surface area (Å²) in [6.07, 6.45) is -2.68. The number of hydrogen-bond donors (Lipinski definition) is 1. The van der Waals surface area contributed by atoms with Gasteiger partial charge >= 0.3 is 12.1 Å². The van der Waals surface area contributed by atoms with E-state index in [1.54, 1.807) is 24.3 Å². The van der Waals surface area contributed by atoms with Crippen molar-refractivity contribution >= 4 is 5.91 Å². The van der Waals surface area contributed by atoms with Crippen LogP contribution in [0.15, 0.2) is 41.1 Å². The molecule has 0 bridgehead atoms. The van der Waals surface area contributed by atoms with Gasteiger partial charge in [0.15, 0.2) is 0 Å². The van der Waals surface area contributed by atoms with Gasteiger partial charge in [-0.15, -0.1) is 0 Å². The average Bonchev–Trinajstić information content (AvgIpc) is 3.18. The van der Waals surface area contributed by atoms with Crippen LogP contribution in [-0.2, 0) is 19.2 Å². The molecule has 0 saturated heterocycles. The molecule has 7 nitrogen and oxygen atoms in total. The van der Waals surface area contributed by atoms with Gasteiger partial charge < -0.3 is 14.6 Å². The van der Waals surface area contributed by atoms with Gasteiger partial charge in [0.25, 0.3) is 5.91 Å². The van der Waals surface area contributed by atoms with Crippen molar-refractivity contribution in [3.63, 3.8) is 0 Å². The Kier molecular flexibility index (Phi) is 4.46. The highest BCUT2D eigenvalue weighted by Gasteiger charge is 2.38. The van der Waals surface area contributed by atoms with Crippen LogP contribution >= 0.6 is 0 Å². The zero-order valence-corrected chi connectivity index (χ0v) is 14.3. The minimum atomic E-state index is -4.70. The third kappa shape index (κ3) is 3.53. The molecule has 0 atom stereocenters. The van der Waals surface area contributed by atoms with Gasteiger partial charge in [-0.2, -0.15) is 18.2 Å². The first-order chi connectivity index (χ1) is 13.4. The lowest BCUT2D eigenvalue weighted by molar-refractivity contribution is -0.159. The lowest BCUT2D eigenvalue weighted by Gasteiger charge is -2.19. The van der Waals surface area contributed by atoms with Crippen LogP contribution < -0.4 is 10.1 Å². The number of ether oxygens (including phenoxy) is 1. The number of aromatic nitrogens is 3. The second-order valence-electron chi connectivity index (χ2n) is 6.04. The van der Waals surface area contributed by atoms with Crippen LogP contribution in [0.25, 0.3) is 11.4 Å². The van der Waals surface area contributed by atoms with E-state index in [9.17, 15) is 18.0 Å². The predicted molar refractivity (Wildman–Crippen MR) is 89.3 cm³/mol. The van der Waals surface area contributed by atoms with E-state index < -0.39 is 12.1 Å². The third-order valence-corrected chi connectivity index (χ3v) is 4.17. The van der Waals surface area contributed by atoms with E-state index in [1.807, 2.05) is 0 Å². The maximum absolute atomic E-state index is 12.5. The second-order valence-corrected chi connectivity index (χ2v) is 6.04. The predicted octanol–water partition coefficient (Wildman–Crippen LogP) is 3.02. The smallest absolute Gasteiger partial charge is 0.471 e. The van der Waals surface area contributed by atoms with Crippen LogP contribution in [0.2, 0.25) is 0 Å². The highest BCUT2D eigenvalue weighted by molar-refractivity contribution is 5.97. The molecule has 0 unspecified atom stereocenters. The van der Waals surface area contributed by atoms with Crippen LogP contribution in [0.1, 0.15) is 27.5 Å². The number of rotatable bonds is 4. The number of nitrogens with zero attached hydrogens (tertiary/aromatic N) is 3. The fourth-order valence-electron chi connectivity index (χ4n) is 2.82. The number of nitrogens with one attached hydrogen (secondary N) is 1. The number of carbonyl (C=O) groups excluding carboxylic acids is 1. The number of alkyl halides is 3. The molecule has 2 aromatic heterocycles. The summed E-state index contributed by atoms with van der Waals surface area (Å²) < 4.78 is 47.6. The average molecular weight is 390 g/mol. The molecule has 1 amide bonds. The third-order valence-electron chi connectivity index (χ3n) is 4.17. The van der Waals surface area contributed by atoms with Gasteiger partial charge in [-0.05, 0) is 30.7 Å². The number of fused-ring (bicyclic) bond motifs is 1. The van der Waals surface area contributed by atoms with Crippen molar-refractivity contribution < 1.29 is 27.2 Å². The standard InChI is InChI=1S/C18H13F3N4O3/c19-18(20,21)17-24-15(25-28-17)10-4-5-11(23-8-10)9-27-14-3-1-2-13-12(14)6-7-22-16(13)26/h1-5,8H,6-7,9H2,(H,22,26). The highest BCUT2D eigenvalue weighted by atomic mass is 19.4. The SMILES string of the molecule is O=C1NCCc2c(OCc3ccc(-c4noc(C(F)(F)F)n4)cn3)cccc21. The van der Waals surface area contributed by atoms with Crippen molar-refractivity contribution in [2.24, 2.45) is 0 Å². The Bertz CT molecular complexity index is 1020. The van der Waals surface area contributed by atoms with Crippen molar-refractivity contribution in [3.8, 4) is 17.1 Å². The van der Waals surface area contributed by atoms with Crippen molar-refractivity contribution in [1.29, 1.82) is 0 Å². The Morgan fingerprint density at radius 3 is 2.79 bits per heavy atom. The van der Waals surface area contributed by atoms with E-state index >= 15 is 0 Å². The van der Waals surface area contributed by atoms with Gasteiger partial charge in [0.1, 0.15) is 12.4 Å². The van der Waals surface area contributed by atoms with E-state index in [0.29, 0.717) is 30.0 Å². The molecule has 1 N–H and O–H groups in total. The van der Waals surface area contributed by atoms with E-state index in [0.717, 1.165) is 5.56 Å². The molecule has 10 heteroatoms. The normalized spacial score (nSPS) is 13.8. The maximum Gasteiger partial charge on any atom is 0.471 e. The van der Waals surface area contributed by atoms with Crippen LogP contribution in [0, 0.1) is 0 Å². The molecule has 0 radical (unpaired) electrons. The van der Waals surface area contributed by atoms with Crippen LogP contribution in [0.5, 0.6) is 5.75 Å². The summed E-state index contributed by atoms with van der Waals surface area (Å²) in [7, 11) is 0. The molecule has 3 aromatic rings. The van der Waals surface area contributed by atoms with Crippen molar-refractivity contribution in [1.82, 2.24) is 20.4 Å². The zero-order chi connectivity index (χ0) is 19.7. The first-order valence-corrected chi connectivity index (χ1v) is 8.31. The van der Waals surface area contributed by atoms with E-state index in [2.05, 4.69) is 25.0 Å². The monoisotopic (exact) mass is 390 g/mol. The number of pyridine rings is 1. The molecule has 1 aliphatic rings. The Hall–Kier alpha value is -3.43. The maximum atomic E-state index is 12.5. The number of amides is 1. The summed E-state index contributed by atoms with van der Waals surface area (Å²) in [5, 5.41) is 6.09. The Labute approximate surface area is 156 Å². The number of benzene rings is 1. The highest BCUT2D eigenvalue weighted by Crippen LogP contribution is 2.29. The molecule has 0 saturated carbocycles. The summed E-state index contributed by atoms with van der Waals surface area (Å²) >= 11 is 0. The van der Waals surface area contributed by atoms with Crippen LogP contribution in [0.3, 0.4) is 0 Å². The number of carbonyl (C=O) groups is 1. The van der Waals surface area contributed by atoms with Gasteiger partial charge in [-0.1, -0.05) is 11.2 Å². The summed E-state index contributed by atoms with van der Waals surface area (Å²) in [5.41, 5.74) is 2.27. The first kappa shape index (κ1) is 18.0. The fraction of sp³-hybridized carbons (Fsp3) is 0.222. The molecule has 0 spiro atoms. The minimum Gasteiger partial charge on any atom is -0.487 e. The molecular formula is C18H13F3N4O3. The Morgan fingerprint density at radius 2 is 2.07 bits per heavy atom. The van der Waals surface area contributed by atoms with Gasteiger partial charge in [0.2, 0.25) is 5.82 Å². The second kappa shape index (κ2) is 6.95. The lowest BCUT2D eigenvalue weighted by Crippen LogP contribution is -2.32. The zero-order valence-electron chi connectivity index (χ0n) is 14.3. The number of hydrogen-bond acceptors (Lipinski definition) is 6. The molecule has 1 aliphatic heterocycles. The molecule has 28 heavy (non-hydrogen) atoms. The largest absolute Gasteiger partial charge is 0.487 e. The summed E-state index contributed by atoms with van der Waals surface area (Å²) in [6.45, 7) is 0.683. The van der Waals surface area contributed by atoms with Crippen molar-refractivity contribution in [3.05, 3.63) is 59.2 Å². The van der Waals surface area contributed by atoms with Crippen LogP contribution in [-0.4, -0.2) is 27.6 Å². The fourth-order valence-corrected chi connectivity index (χ4v) is 2.82. The molecular weight excluding hydrogens is 377 g/mol. The number of halogens is 3. The van der Waals surface area contributed by atoms with Crippen molar-refractivity contribution in [2.45, 2.75) is 19.2 Å². The molecule has 0 fully saturated rings. The van der Waals surface area contributed by atoms with Gasteiger partial charge in [-0.3, -0.25) is 9.78 Å². The lowest BCUT2D eigenvalue weighted by atomic mass is 9.99. The first-order valence-electron chi connectivity index (χ1n) is 8.31. The van der Waals surface area contributed by atoms with E-state index in [4.69, 9.17) is 4.74 Å². The van der Waals surface area contributed by atoms with Crippen LogP contribution in [0.4, 0.5) is 13.2 Å². The summed E-state index contributed by atoms with van der Waals surface area (Å²) in [4.78, 5) is 19.4. The Balaban J connectivity index is 1.47. The van der Waals surface area contributed by atoms with Gasteiger partial charge in [-0.25, -0.2) is 0 Å².